The Hall–Kier alpha value is -3.33. The van der Waals surface area contributed by atoms with Crippen LogP contribution in [-0.2, 0) is 11.3 Å². The minimum atomic E-state index is 0.00570. The van der Waals surface area contributed by atoms with Gasteiger partial charge in [-0.3, -0.25) is 9.69 Å². The van der Waals surface area contributed by atoms with Gasteiger partial charge in [0.25, 0.3) is 5.89 Å². The summed E-state index contributed by atoms with van der Waals surface area (Å²) in [7, 11) is 0. The number of hydrogen-bond acceptors (Lipinski definition) is 8. The van der Waals surface area contributed by atoms with Crippen LogP contribution in [0.15, 0.2) is 45.6 Å². The van der Waals surface area contributed by atoms with E-state index in [1.165, 1.54) is 0 Å². The van der Waals surface area contributed by atoms with E-state index in [1.54, 1.807) is 18.6 Å². The van der Waals surface area contributed by atoms with Crippen LogP contribution in [0.2, 0.25) is 0 Å². The molecule has 1 saturated heterocycles. The molecule has 0 bridgehead atoms. The SMILES string of the molecule is O=C(CN1CCC(c2nnc(-c3ccoc3)o2)CC1)NCc1ccc2c(c1)OCO2. The molecule has 0 spiro atoms. The van der Waals surface area contributed by atoms with Gasteiger partial charge in [-0.05, 0) is 49.7 Å². The number of aromatic nitrogens is 2. The highest BCUT2D eigenvalue weighted by atomic mass is 16.7. The smallest absolute Gasteiger partial charge is 0.250 e. The Labute approximate surface area is 173 Å². The maximum Gasteiger partial charge on any atom is 0.250 e. The number of piperidine rings is 1. The Morgan fingerprint density at radius 2 is 2.00 bits per heavy atom. The molecule has 0 saturated carbocycles. The van der Waals surface area contributed by atoms with Crippen molar-refractivity contribution in [3.63, 3.8) is 0 Å². The molecule has 30 heavy (non-hydrogen) atoms. The van der Waals surface area contributed by atoms with E-state index < -0.39 is 0 Å². The third-order valence-corrected chi connectivity index (χ3v) is 5.44. The number of benzene rings is 1. The predicted molar refractivity (Wildman–Crippen MR) is 105 cm³/mol. The van der Waals surface area contributed by atoms with E-state index in [1.807, 2.05) is 18.2 Å². The monoisotopic (exact) mass is 410 g/mol. The Bertz CT molecular complexity index is 1010. The number of carbonyl (C=O) groups is 1. The summed E-state index contributed by atoms with van der Waals surface area (Å²) in [5.74, 6) is 2.81. The third kappa shape index (κ3) is 4.02. The molecule has 156 valence electrons. The van der Waals surface area contributed by atoms with Crippen molar-refractivity contribution in [2.75, 3.05) is 26.4 Å². The van der Waals surface area contributed by atoms with E-state index >= 15 is 0 Å². The van der Waals surface area contributed by atoms with Gasteiger partial charge < -0.3 is 23.6 Å². The Morgan fingerprint density at radius 1 is 1.13 bits per heavy atom. The van der Waals surface area contributed by atoms with Crippen LogP contribution in [0.5, 0.6) is 11.5 Å². The van der Waals surface area contributed by atoms with Crippen molar-refractivity contribution < 1.29 is 23.1 Å². The molecular formula is C21H22N4O5. The summed E-state index contributed by atoms with van der Waals surface area (Å²) < 4.78 is 21.5. The Kier molecular flexibility index (Phi) is 5.10. The van der Waals surface area contributed by atoms with Crippen LogP contribution < -0.4 is 14.8 Å². The molecule has 1 aromatic carbocycles. The van der Waals surface area contributed by atoms with Crippen LogP contribution in [0.25, 0.3) is 11.5 Å². The highest BCUT2D eigenvalue weighted by Gasteiger charge is 2.26. The number of ether oxygens (including phenoxy) is 2. The average molecular weight is 410 g/mol. The molecule has 5 rings (SSSR count). The van der Waals surface area contributed by atoms with Gasteiger partial charge in [0.2, 0.25) is 18.6 Å². The Balaban J connectivity index is 1.08. The summed E-state index contributed by atoms with van der Waals surface area (Å²) in [5.41, 5.74) is 1.77. The van der Waals surface area contributed by atoms with Crippen molar-refractivity contribution in [3.8, 4) is 23.0 Å². The minimum absolute atomic E-state index is 0.00570. The highest BCUT2D eigenvalue weighted by molar-refractivity contribution is 5.78. The summed E-state index contributed by atoms with van der Waals surface area (Å²) in [6.45, 7) is 2.71. The molecule has 2 aliphatic rings. The highest BCUT2D eigenvalue weighted by Crippen LogP contribution is 2.32. The van der Waals surface area contributed by atoms with Crippen molar-refractivity contribution in [3.05, 3.63) is 48.2 Å². The zero-order valence-corrected chi connectivity index (χ0v) is 16.4. The maximum absolute atomic E-state index is 12.3. The average Bonchev–Trinajstić information content (AvgIpc) is 3.53. The molecule has 9 heteroatoms. The number of likely N-dealkylation sites (tertiary alicyclic amines) is 1. The molecule has 1 N–H and O–H groups in total. The van der Waals surface area contributed by atoms with Gasteiger partial charge in [-0.1, -0.05) is 6.07 Å². The first-order chi connectivity index (χ1) is 14.7. The number of carbonyl (C=O) groups excluding carboxylic acids is 1. The number of fused-ring (bicyclic) bond motifs is 1. The number of furan rings is 1. The first-order valence-electron chi connectivity index (χ1n) is 9.98. The first kappa shape index (κ1) is 18.7. The molecule has 0 atom stereocenters. The molecule has 0 radical (unpaired) electrons. The van der Waals surface area contributed by atoms with Crippen molar-refractivity contribution >= 4 is 5.91 Å². The van der Waals surface area contributed by atoms with E-state index in [9.17, 15) is 4.79 Å². The number of nitrogens with one attached hydrogen (secondary N) is 1. The summed E-state index contributed by atoms with van der Waals surface area (Å²) >= 11 is 0. The number of rotatable bonds is 6. The van der Waals surface area contributed by atoms with Crippen LogP contribution in [0, 0.1) is 0 Å². The van der Waals surface area contributed by atoms with Crippen molar-refractivity contribution in [2.24, 2.45) is 0 Å². The lowest BCUT2D eigenvalue weighted by Crippen LogP contribution is -2.41. The normalized spacial score (nSPS) is 16.7. The fourth-order valence-corrected chi connectivity index (χ4v) is 3.75. The van der Waals surface area contributed by atoms with Crippen LogP contribution in [0.4, 0.5) is 0 Å². The zero-order valence-electron chi connectivity index (χ0n) is 16.4. The van der Waals surface area contributed by atoms with Crippen molar-refractivity contribution in [2.45, 2.75) is 25.3 Å². The molecule has 9 nitrogen and oxygen atoms in total. The van der Waals surface area contributed by atoms with Gasteiger partial charge >= 0.3 is 0 Å². The number of amides is 1. The quantitative estimate of drug-likeness (QED) is 0.661. The largest absolute Gasteiger partial charge is 0.472 e. The van der Waals surface area contributed by atoms with Crippen molar-refractivity contribution in [1.82, 2.24) is 20.4 Å². The van der Waals surface area contributed by atoms with E-state index in [0.29, 0.717) is 24.9 Å². The molecule has 2 aromatic heterocycles. The van der Waals surface area contributed by atoms with E-state index in [-0.39, 0.29) is 18.6 Å². The predicted octanol–water partition coefficient (Wildman–Crippen LogP) is 2.55. The van der Waals surface area contributed by atoms with Crippen LogP contribution in [0.3, 0.4) is 0 Å². The van der Waals surface area contributed by atoms with Gasteiger partial charge in [0.05, 0.1) is 18.4 Å². The zero-order chi connectivity index (χ0) is 20.3. The standard InChI is InChI=1S/C21H22N4O5/c26-19(22-10-14-1-2-17-18(9-14)29-13-28-17)11-25-6-3-15(4-7-25)20-23-24-21(30-20)16-5-8-27-12-16/h1-2,5,8-9,12,15H,3-4,6-7,10-11,13H2,(H,22,26). The summed E-state index contributed by atoms with van der Waals surface area (Å²) in [6.07, 6.45) is 4.92. The molecule has 4 heterocycles. The molecule has 1 fully saturated rings. The van der Waals surface area contributed by atoms with E-state index in [0.717, 1.165) is 48.6 Å². The molecule has 3 aromatic rings. The molecule has 2 aliphatic heterocycles. The van der Waals surface area contributed by atoms with E-state index in [2.05, 4.69) is 20.4 Å². The van der Waals surface area contributed by atoms with E-state index in [4.69, 9.17) is 18.3 Å². The summed E-state index contributed by atoms with van der Waals surface area (Å²) in [6, 6.07) is 7.49. The Morgan fingerprint density at radius 3 is 2.83 bits per heavy atom. The number of nitrogens with zero attached hydrogens (tertiary/aromatic N) is 3. The molecule has 0 aliphatic carbocycles. The lowest BCUT2D eigenvalue weighted by molar-refractivity contribution is -0.122. The molecule has 1 amide bonds. The minimum Gasteiger partial charge on any atom is -0.472 e. The van der Waals surface area contributed by atoms with Gasteiger partial charge in [0, 0.05) is 12.5 Å². The number of hydrogen-bond donors (Lipinski definition) is 1. The van der Waals surface area contributed by atoms with Crippen LogP contribution >= 0.6 is 0 Å². The third-order valence-electron chi connectivity index (χ3n) is 5.44. The molecule has 0 unspecified atom stereocenters. The summed E-state index contributed by atoms with van der Waals surface area (Å²) in [4.78, 5) is 14.5. The van der Waals surface area contributed by atoms with Gasteiger partial charge in [-0.15, -0.1) is 10.2 Å². The fraction of sp³-hybridized carbons (Fsp3) is 0.381. The first-order valence-corrected chi connectivity index (χ1v) is 9.98. The van der Waals surface area contributed by atoms with Crippen LogP contribution in [-0.4, -0.2) is 47.4 Å². The maximum atomic E-state index is 12.3. The van der Waals surface area contributed by atoms with Gasteiger partial charge in [0.15, 0.2) is 11.5 Å². The lowest BCUT2D eigenvalue weighted by Gasteiger charge is -2.29. The van der Waals surface area contributed by atoms with Crippen molar-refractivity contribution in [1.29, 1.82) is 0 Å². The topological polar surface area (TPSA) is 103 Å². The summed E-state index contributed by atoms with van der Waals surface area (Å²) in [5, 5.41) is 11.3. The van der Waals surface area contributed by atoms with Gasteiger partial charge in [-0.2, -0.15) is 0 Å². The second kappa shape index (κ2) is 8.19. The van der Waals surface area contributed by atoms with Gasteiger partial charge in [-0.25, -0.2) is 0 Å². The van der Waals surface area contributed by atoms with Crippen LogP contribution in [0.1, 0.15) is 30.2 Å². The second-order valence-electron chi connectivity index (χ2n) is 7.47. The lowest BCUT2D eigenvalue weighted by atomic mass is 9.97. The fourth-order valence-electron chi connectivity index (χ4n) is 3.75. The molecular weight excluding hydrogens is 388 g/mol. The van der Waals surface area contributed by atoms with Gasteiger partial charge in [0.1, 0.15) is 6.26 Å². The second-order valence-corrected chi connectivity index (χ2v) is 7.47.